The van der Waals surface area contributed by atoms with E-state index in [-0.39, 0.29) is 11.4 Å². The van der Waals surface area contributed by atoms with Gasteiger partial charge in [0.15, 0.2) is 0 Å². The van der Waals surface area contributed by atoms with E-state index in [0.29, 0.717) is 19.7 Å². The van der Waals surface area contributed by atoms with E-state index in [4.69, 9.17) is 10.5 Å². The Hall–Kier alpha value is -1.36. The van der Waals surface area contributed by atoms with E-state index in [1.54, 1.807) is 6.20 Å². The molecule has 0 aliphatic rings. The third-order valence-electron chi connectivity index (χ3n) is 1.58. The Balaban J connectivity index is 2.88. The van der Waals surface area contributed by atoms with Crippen LogP contribution in [0.25, 0.3) is 0 Å². The quantitative estimate of drug-likeness (QED) is 0.689. The van der Waals surface area contributed by atoms with Crippen LogP contribution in [-0.2, 0) is 6.54 Å². The summed E-state index contributed by atoms with van der Waals surface area (Å²) in [6.45, 7) is 3.19. The molecule has 72 valence electrons. The van der Waals surface area contributed by atoms with Crippen LogP contribution in [0.5, 0.6) is 5.88 Å². The van der Waals surface area contributed by atoms with Gasteiger partial charge in [-0.25, -0.2) is 4.98 Å². The highest BCUT2D eigenvalue weighted by molar-refractivity contribution is 5.04. The summed E-state index contributed by atoms with van der Waals surface area (Å²) in [4.78, 5) is 15.3. The molecule has 1 rings (SSSR count). The maximum Gasteiger partial charge on any atom is 0.313 e. The normalized spacial score (nSPS) is 10.0. The van der Waals surface area contributed by atoms with Crippen molar-refractivity contribution in [3.05, 3.63) is 22.7 Å². The molecule has 0 aliphatic heterocycles. The second-order valence-corrected chi connectivity index (χ2v) is 2.46. The molecule has 5 heteroatoms. The molecule has 0 saturated carbocycles. The van der Waals surface area contributed by atoms with Gasteiger partial charge in [0.25, 0.3) is 5.88 Å². The van der Waals surface area contributed by atoms with E-state index >= 15 is 0 Å². The van der Waals surface area contributed by atoms with Crippen molar-refractivity contribution in [1.29, 1.82) is 0 Å². The van der Waals surface area contributed by atoms with Crippen molar-refractivity contribution < 1.29 is 4.74 Å². The standard InChI is InChI=1S/C8H13N3O2/c1-2-11-5-4-10-7(8(11)12)13-6-3-9/h4-5H,2-3,6,9H2,1H3. The molecule has 0 aromatic carbocycles. The summed E-state index contributed by atoms with van der Waals surface area (Å²) in [7, 11) is 0. The molecule has 1 aromatic heterocycles. The smallest absolute Gasteiger partial charge is 0.313 e. The molecule has 0 bridgehead atoms. The van der Waals surface area contributed by atoms with Crippen molar-refractivity contribution >= 4 is 0 Å². The average Bonchev–Trinajstić information content (AvgIpc) is 2.16. The lowest BCUT2D eigenvalue weighted by molar-refractivity contribution is 0.307. The summed E-state index contributed by atoms with van der Waals surface area (Å²) in [5.41, 5.74) is 5.03. The Morgan fingerprint density at radius 2 is 2.46 bits per heavy atom. The molecule has 0 atom stereocenters. The number of aryl methyl sites for hydroxylation is 1. The number of rotatable bonds is 4. The van der Waals surface area contributed by atoms with Crippen LogP contribution < -0.4 is 16.0 Å². The van der Waals surface area contributed by atoms with E-state index in [1.807, 2.05) is 6.92 Å². The summed E-state index contributed by atoms with van der Waals surface area (Å²) in [6.07, 6.45) is 3.16. The van der Waals surface area contributed by atoms with Crippen LogP contribution in [0.4, 0.5) is 0 Å². The number of nitrogens with two attached hydrogens (primary N) is 1. The van der Waals surface area contributed by atoms with Gasteiger partial charge in [-0.3, -0.25) is 4.79 Å². The molecule has 0 radical (unpaired) electrons. The van der Waals surface area contributed by atoms with Gasteiger partial charge in [0.1, 0.15) is 6.61 Å². The maximum atomic E-state index is 11.4. The number of aromatic nitrogens is 2. The molecule has 1 aromatic rings. The van der Waals surface area contributed by atoms with Crippen molar-refractivity contribution in [1.82, 2.24) is 9.55 Å². The topological polar surface area (TPSA) is 70.1 Å². The van der Waals surface area contributed by atoms with Crippen LogP contribution >= 0.6 is 0 Å². The monoisotopic (exact) mass is 183 g/mol. The molecule has 5 nitrogen and oxygen atoms in total. The van der Waals surface area contributed by atoms with E-state index in [9.17, 15) is 4.79 Å². The molecular formula is C8H13N3O2. The molecule has 1 heterocycles. The predicted molar refractivity (Wildman–Crippen MR) is 48.7 cm³/mol. The van der Waals surface area contributed by atoms with Gasteiger partial charge in [0, 0.05) is 25.5 Å². The summed E-state index contributed by atoms with van der Waals surface area (Å²) in [6, 6.07) is 0. The SMILES string of the molecule is CCn1ccnc(OCCN)c1=O. The largest absolute Gasteiger partial charge is 0.472 e. The highest BCUT2D eigenvalue weighted by Gasteiger charge is 2.03. The van der Waals surface area contributed by atoms with Crippen LogP contribution in [0, 0.1) is 0 Å². The number of ether oxygens (including phenoxy) is 1. The van der Waals surface area contributed by atoms with Crippen LogP contribution in [0.3, 0.4) is 0 Å². The molecule has 0 fully saturated rings. The van der Waals surface area contributed by atoms with E-state index in [2.05, 4.69) is 4.98 Å². The lowest BCUT2D eigenvalue weighted by Gasteiger charge is -2.04. The summed E-state index contributed by atoms with van der Waals surface area (Å²) in [5, 5.41) is 0. The summed E-state index contributed by atoms with van der Waals surface area (Å²) in [5.74, 6) is 0.120. The second-order valence-electron chi connectivity index (χ2n) is 2.46. The fourth-order valence-corrected chi connectivity index (χ4v) is 0.931. The van der Waals surface area contributed by atoms with Crippen LogP contribution in [0.2, 0.25) is 0 Å². The number of nitrogens with zero attached hydrogens (tertiary/aromatic N) is 2. The van der Waals surface area contributed by atoms with Gasteiger partial charge in [-0.05, 0) is 6.92 Å². The van der Waals surface area contributed by atoms with Crippen LogP contribution in [-0.4, -0.2) is 22.7 Å². The number of hydrogen-bond donors (Lipinski definition) is 1. The molecule has 0 unspecified atom stereocenters. The van der Waals surface area contributed by atoms with Crippen molar-refractivity contribution in [2.45, 2.75) is 13.5 Å². The van der Waals surface area contributed by atoms with E-state index < -0.39 is 0 Å². The summed E-state index contributed by atoms with van der Waals surface area (Å²) < 4.78 is 6.59. The maximum absolute atomic E-state index is 11.4. The zero-order chi connectivity index (χ0) is 9.68. The predicted octanol–water partition coefficient (Wildman–Crippen LogP) is -0.399. The van der Waals surface area contributed by atoms with Gasteiger partial charge in [0.05, 0.1) is 0 Å². The third-order valence-corrected chi connectivity index (χ3v) is 1.58. The Kier molecular flexibility index (Phi) is 3.45. The Morgan fingerprint density at radius 1 is 1.69 bits per heavy atom. The Labute approximate surface area is 76.2 Å². The van der Waals surface area contributed by atoms with Crippen molar-refractivity contribution in [3.8, 4) is 5.88 Å². The average molecular weight is 183 g/mol. The van der Waals surface area contributed by atoms with Gasteiger partial charge in [0.2, 0.25) is 0 Å². The lowest BCUT2D eigenvalue weighted by Crippen LogP contribution is -2.23. The second kappa shape index (κ2) is 4.61. The first-order valence-corrected chi connectivity index (χ1v) is 4.18. The van der Waals surface area contributed by atoms with Crippen molar-refractivity contribution in [2.75, 3.05) is 13.2 Å². The van der Waals surface area contributed by atoms with E-state index in [1.165, 1.54) is 10.8 Å². The van der Waals surface area contributed by atoms with Crippen molar-refractivity contribution in [2.24, 2.45) is 5.73 Å². The van der Waals surface area contributed by atoms with Crippen molar-refractivity contribution in [3.63, 3.8) is 0 Å². The third kappa shape index (κ3) is 2.29. The molecular weight excluding hydrogens is 170 g/mol. The van der Waals surface area contributed by atoms with E-state index in [0.717, 1.165) is 0 Å². The summed E-state index contributed by atoms with van der Waals surface area (Å²) >= 11 is 0. The van der Waals surface area contributed by atoms with Gasteiger partial charge in [-0.2, -0.15) is 0 Å². The highest BCUT2D eigenvalue weighted by atomic mass is 16.5. The Bertz CT molecular complexity index is 321. The zero-order valence-corrected chi connectivity index (χ0v) is 7.56. The lowest BCUT2D eigenvalue weighted by atomic mass is 10.6. The van der Waals surface area contributed by atoms with Crippen LogP contribution in [0.1, 0.15) is 6.92 Å². The molecule has 2 N–H and O–H groups in total. The molecule has 0 amide bonds. The van der Waals surface area contributed by atoms with Gasteiger partial charge >= 0.3 is 5.56 Å². The first-order valence-electron chi connectivity index (χ1n) is 4.18. The first kappa shape index (κ1) is 9.73. The molecule has 0 saturated heterocycles. The molecule has 13 heavy (non-hydrogen) atoms. The van der Waals surface area contributed by atoms with Gasteiger partial charge in [-0.1, -0.05) is 0 Å². The minimum absolute atomic E-state index is 0.120. The number of hydrogen-bond acceptors (Lipinski definition) is 4. The fraction of sp³-hybridized carbons (Fsp3) is 0.500. The Morgan fingerprint density at radius 3 is 3.08 bits per heavy atom. The zero-order valence-electron chi connectivity index (χ0n) is 7.56. The minimum Gasteiger partial charge on any atom is -0.472 e. The first-order chi connectivity index (χ1) is 6.29. The fourth-order valence-electron chi connectivity index (χ4n) is 0.931. The molecule has 0 spiro atoms. The minimum atomic E-state index is -0.210. The highest BCUT2D eigenvalue weighted by Crippen LogP contribution is 1.94. The molecule has 0 aliphatic carbocycles. The van der Waals surface area contributed by atoms with Gasteiger partial charge < -0.3 is 15.0 Å². The van der Waals surface area contributed by atoms with Crippen LogP contribution in [0.15, 0.2) is 17.2 Å². The van der Waals surface area contributed by atoms with Gasteiger partial charge in [-0.15, -0.1) is 0 Å².